The number of hydrogen-bond donors (Lipinski definition) is 5. The lowest BCUT2D eigenvalue weighted by molar-refractivity contribution is -0.165. The first-order valence-corrected chi connectivity index (χ1v) is 14.2. The predicted molar refractivity (Wildman–Crippen MR) is 154 cm³/mol. The van der Waals surface area contributed by atoms with E-state index in [1.54, 1.807) is 0 Å². The average Bonchev–Trinajstić information content (AvgIpc) is 3.02. The first-order chi connectivity index (χ1) is 20.1. The molecule has 2 aromatic carbocycles. The first-order valence-electron chi connectivity index (χ1n) is 14.2. The van der Waals surface area contributed by atoms with E-state index >= 15 is 0 Å². The number of aliphatic hydroxyl groups is 2. The number of carbonyl (C=O) groups excluding carboxylic acids is 1. The lowest BCUT2D eigenvalue weighted by atomic mass is 9.73. The molecule has 2 fully saturated rings. The third kappa shape index (κ3) is 7.52. The average molecular weight is 581 g/mol. The van der Waals surface area contributed by atoms with Crippen LogP contribution in [0.2, 0.25) is 0 Å². The Balaban J connectivity index is 0.000000416. The van der Waals surface area contributed by atoms with E-state index in [2.05, 4.69) is 40.1 Å². The maximum atomic E-state index is 12.5. The molecule has 2 unspecified atom stereocenters. The van der Waals surface area contributed by atoms with Gasteiger partial charge >= 0.3 is 11.9 Å². The van der Waals surface area contributed by atoms with Crippen molar-refractivity contribution in [2.45, 2.75) is 61.7 Å². The predicted octanol–water partition coefficient (Wildman–Crippen LogP) is 1.57. The Kier molecular flexibility index (Phi) is 11.6. The van der Waals surface area contributed by atoms with Crippen molar-refractivity contribution in [3.8, 4) is 6.07 Å². The van der Waals surface area contributed by atoms with Crippen LogP contribution in [0.1, 0.15) is 49.7 Å². The van der Waals surface area contributed by atoms with Gasteiger partial charge in [0.1, 0.15) is 11.0 Å². The second-order valence-electron chi connectivity index (χ2n) is 10.9. The van der Waals surface area contributed by atoms with Gasteiger partial charge in [-0.05, 0) is 56.3 Å². The summed E-state index contributed by atoms with van der Waals surface area (Å²) in [7, 11) is 0. The number of benzene rings is 2. The summed E-state index contributed by atoms with van der Waals surface area (Å²) in [5.41, 5.74) is 6.83. The summed E-state index contributed by atoms with van der Waals surface area (Å²) in [4.78, 5) is 36.8. The third-order valence-electron chi connectivity index (χ3n) is 8.44. The molecule has 11 heteroatoms. The van der Waals surface area contributed by atoms with E-state index in [0.717, 1.165) is 69.5 Å². The van der Waals surface area contributed by atoms with Gasteiger partial charge in [0.05, 0.1) is 6.07 Å². The Morgan fingerprint density at radius 1 is 0.833 bits per heavy atom. The first kappa shape index (κ1) is 32.7. The van der Waals surface area contributed by atoms with Crippen LogP contribution >= 0.6 is 0 Å². The van der Waals surface area contributed by atoms with E-state index in [0.29, 0.717) is 6.42 Å². The largest absolute Gasteiger partial charge is 0.479 e. The van der Waals surface area contributed by atoms with E-state index in [9.17, 15) is 19.6 Å². The van der Waals surface area contributed by atoms with Crippen molar-refractivity contribution in [2.24, 2.45) is 5.73 Å². The van der Waals surface area contributed by atoms with Gasteiger partial charge in [-0.2, -0.15) is 5.26 Å². The van der Waals surface area contributed by atoms with Crippen molar-refractivity contribution >= 4 is 17.8 Å². The lowest BCUT2D eigenvalue weighted by Crippen LogP contribution is -2.63. The number of carbonyl (C=O) groups is 3. The van der Waals surface area contributed by atoms with E-state index in [1.165, 1.54) is 6.42 Å². The van der Waals surface area contributed by atoms with Crippen molar-refractivity contribution in [2.75, 3.05) is 32.7 Å². The van der Waals surface area contributed by atoms with Gasteiger partial charge in [-0.25, -0.2) is 9.59 Å². The topological polar surface area (TPSA) is 188 Å². The minimum Gasteiger partial charge on any atom is -0.479 e. The minimum atomic E-state index is -2.27. The zero-order valence-electron chi connectivity index (χ0n) is 23.6. The Morgan fingerprint density at radius 3 is 1.67 bits per heavy atom. The van der Waals surface area contributed by atoms with Gasteiger partial charge in [0.25, 0.3) is 0 Å². The number of likely N-dealkylation sites (tertiary alicyclic amines) is 2. The third-order valence-corrected chi connectivity index (χ3v) is 8.44. The molecule has 2 aliphatic heterocycles. The lowest BCUT2D eigenvalue weighted by Gasteiger charge is -2.48. The molecule has 2 saturated heterocycles. The van der Waals surface area contributed by atoms with Crippen LogP contribution in [0.4, 0.5) is 0 Å². The molecule has 0 radical (unpaired) electrons. The summed E-state index contributed by atoms with van der Waals surface area (Å²) in [5, 5.41) is 42.9. The Morgan fingerprint density at radius 2 is 1.29 bits per heavy atom. The number of nitriles is 1. The molecule has 2 aromatic rings. The molecule has 0 aliphatic carbocycles. The van der Waals surface area contributed by atoms with Crippen molar-refractivity contribution in [1.29, 1.82) is 5.26 Å². The number of piperidine rings is 2. The van der Waals surface area contributed by atoms with Crippen LogP contribution in [0.5, 0.6) is 0 Å². The summed E-state index contributed by atoms with van der Waals surface area (Å²) in [5.74, 6) is -3.70. The van der Waals surface area contributed by atoms with E-state index in [1.807, 2.05) is 36.4 Å². The standard InChI is InChI=1S/C27H34N4O.C4H6O6/c28-22-26(23-10-4-1-5-11-23,24-12-6-2-7-13-24)14-19-30-20-15-27(16-21-30,25(29)32)31-17-8-3-9-18-31;5-1(3(7)8)2(6)4(9)10/h1-2,4-7,10-13H,3,8-9,14-21H2,(H2,29,32);1-2,5-6H,(H,7,8)(H,9,10). The molecule has 2 atom stereocenters. The molecule has 0 spiro atoms. The molecule has 6 N–H and O–H groups in total. The Hall–Kier alpha value is -3.82. The van der Waals surface area contributed by atoms with Crippen molar-refractivity contribution in [1.82, 2.24) is 9.80 Å². The number of nitrogens with two attached hydrogens (primary N) is 1. The van der Waals surface area contributed by atoms with Crippen LogP contribution in [0, 0.1) is 11.3 Å². The molecule has 4 rings (SSSR count). The van der Waals surface area contributed by atoms with E-state index < -0.39 is 35.1 Å². The number of carboxylic acids is 2. The highest BCUT2D eigenvalue weighted by Gasteiger charge is 2.45. The zero-order chi connectivity index (χ0) is 30.8. The molecule has 42 heavy (non-hydrogen) atoms. The normalized spacial score (nSPS) is 18.9. The quantitative estimate of drug-likeness (QED) is 0.276. The maximum absolute atomic E-state index is 12.5. The number of aliphatic carboxylic acids is 2. The van der Waals surface area contributed by atoms with Gasteiger partial charge in [-0.1, -0.05) is 67.1 Å². The molecule has 0 aromatic heterocycles. The van der Waals surface area contributed by atoms with Crippen molar-refractivity contribution in [3.05, 3.63) is 71.8 Å². The molecule has 11 nitrogen and oxygen atoms in total. The fourth-order valence-electron chi connectivity index (χ4n) is 5.87. The molecular formula is C31H40N4O7. The van der Waals surface area contributed by atoms with Crippen LogP contribution in [-0.2, 0) is 19.8 Å². The van der Waals surface area contributed by atoms with Gasteiger partial charge in [0.15, 0.2) is 12.2 Å². The fraction of sp³-hybridized carbons (Fsp3) is 0.484. The number of aliphatic hydroxyl groups excluding tert-OH is 2. The molecule has 2 heterocycles. The summed E-state index contributed by atoms with van der Waals surface area (Å²) in [6.45, 7) is 4.44. The summed E-state index contributed by atoms with van der Waals surface area (Å²) < 4.78 is 0. The molecular weight excluding hydrogens is 540 g/mol. The highest BCUT2D eigenvalue weighted by molar-refractivity contribution is 5.85. The van der Waals surface area contributed by atoms with E-state index in [4.69, 9.17) is 26.2 Å². The van der Waals surface area contributed by atoms with Crippen LogP contribution in [0.3, 0.4) is 0 Å². The summed E-state index contributed by atoms with van der Waals surface area (Å²) >= 11 is 0. The van der Waals surface area contributed by atoms with Gasteiger partial charge in [-0.15, -0.1) is 0 Å². The Labute approximate surface area is 245 Å². The second-order valence-corrected chi connectivity index (χ2v) is 10.9. The number of nitrogens with zero attached hydrogens (tertiary/aromatic N) is 3. The van der Waals surface area contributed by atoms with Gasteiger partial charge in [0.2, 0.25) is 5.91 Å². The maximum Gasteiger partial charge on any atom is 0.335 e. The molecule has 1 amide bonds. The fourth-order valence-corrected chi connectivity index (χ4v) is 5.87. The monoisotopic (exact) mass is 580 g/mol. The number of rotatable bonds is 10. The van der Waals surface area contributed by atoms with Crippen LogP contribution in [0.25, 0.3) is 0 Å². The molecule has 226 valence electrons. The van der Waals surface area contributed by atoms with Gasteiger partial charge in [-0.3, -0.25) is 9.69 Å². The smallest absolute Gasteiger partial charge is 0.335 e. The minimum absolute atomic E-state index is 0.168. The second kappa shape index (κ2) is 14.9. The van der Waals surface area contributed by atoms with Crippen molar-refractivity contribution in [3.63, 3.8) is 0 Å². The van der Waals surface area contributed by atoms with Gasteiger partial charge in [0, 0.05) is 19.6 Å². The highest BCUT2D eigenvalue weighted by Crippen LogP contribution is 2.37. The van der Waals surface area contributed by atoms with Crippen LogP contribution in [0.15, 0.2) is 60.7 Å². The van der Waals surface area contributed by atoms with E-state index in [-0.39, 0.29) is 5.91 Å². The molecule has 0 saturated carbocycles. The number of hydrogen-bond acceptors (Lipinski definition) is 8. The molecule has 2 aliphatic rings. The van der Waals surface area contributed by atoms with Crippen LogP contribution < -0.4 is 5.73 Å². The van der Waals surface area contributed by atoms with Gasteiger partial charge < -0.3 is 31.1 Å². The van der Waals surface area contributed by atoms with Crippen LogP contribution in [-0.4, -0.2) is 98.5 Å². The zero-order valence-corrected chi connectivity index (χ0v) is 23.6. The molecule has 0 bridgehead atoms. The Bertz CT molecular complexity index is 1160. The van der Waals surface area contributed by atoms with Crippen molar-refractivity contribution < 1.29 is 34.8 Å². The summed E-state index contributed by atoms with van der Waals surface area (Å²) in [6.07, 6.45) is 1.28. The number of carboxylic acid groups (broad SMARTS) is 2. The number of amides is 1. The summed E-state index contributed by atoms with van der Waals surface area (Å²) in [6, 6.07) is 22.9. The SMILES string of the molecule is N#CC(CCN1CCC(C(N)=O)(N2CCCCC2)CC1)(c1ccccc1)c1ccccc1.O=C(O)C(O)C(O)C(=O)O. The number of primary amides is 1. The highest BCUT2D eigenvalue weighted by atomic mass is 16.4.